The van der Waals surface area contributed by atoms with Crippen molar-refractivity contribution in [2.24, 2.45) is 0 Å². The Balaban J connectivity index is 2.50. The number of halogens is 2. The summed E-state index contributed by atoms with van der Waals surface area (Å²) >= 11 is 3.37. The highest BCUT2D eigenvalue weighted by Crippen LogP contribution is 2.33. The molecule has 0 saturated heterocycles. The van der Waals surface area contributed by atoms with E-state index in [0.717, 1.165) is 10.0 Å². The van der Waals surface area contributed by atoms with Crippen LogP contribution >= 0.6 is 15.9 Å². The van der Waals surface area contributed by atoms with Crippen LogP contribution in [0.25, 0.3) is 0 Å². The zero-order chi connectivity index (χ0) is 14.0. The van der Waals surface area contributed by atoms with E-state index in [0.29, 0.717) is 5.56 Å². The van der Waals surface area contributed by atoms with Gasteiger partial charge in [0, 0.05) is 10.0 Å². The van der Waals surface area contributed by atoms with Gasteiger partial charge in [0.2, 0.25) is 0 Å². The Bertz CT molecular complexity index is 599. The lowest BCUT2D eigenvalue weighted by atomic mass is 9.99. The molecular formula is C15H14BrFO2. The van der Waals surface area contributed by atoms with Crippen LogP contribution < -0.4 is 4.74 Å². The number of methoxy groups -OCH3 is 1. The fourth-order valence-corrected chi connectivity index (χ4v) is 2.40. The molecule has 0 amide bonds. The molecule has 0 aliphatic carbocycles. The van der Waals surface area contributed by atoms with Gasteiger partial charge >= 0.3 is 0 Å². The molecule has 4 heteroatoms. The van der Waals surface area contributed by atoms with E-state index in [2.05, 4.69) is 15.9 Å². The molecule has 0 bridgehead atoms. The smallest absolute Gasteiger partial charge is 0.171 e. The number of hydrogen-bond donors (Lipinski definition) is 1. The van der Waals surface area contributed by atoms with E-state index in [1.165, 1.54) is 13.2 Å². The van der Waals surface area contributed by atoms with Gasteiger partial charge < -0.3 is 9.84 Å². The maximum atomic E-state index is 14.1. The molecule has 2 aromatic rings. The summed E-state index contributed by atoms with van der Waals surface area (Å²) in [6.07, 6.45) is -1.04. The maximum Gasteiger partial charge on any atom is 0.171 e. The second kappa shape index (κ2) is 5.72. The van der Waals surface area contributed by atoms with Crippen molar-refractivity contribution in [2.45, 2.75) is 13.0 Å². The van der Waals surface area contributed by atoms with Gasteiger partial charge in [-0.25, -0.2) is 4.39 Å². The summed E-state index contributed by atoms with van der Waals surface area (Å²) in [7, 11) is 1.40. The zero-order valence-electron chi connectivity index (χ0n) is 10.7. The predicted octanol–water partition coefficient (Wildman–Crippen LogP) is 3.99. The quantitative estimate of drug-likeness (QED) is 0.925. The molecule has 1 N–H and O–H groups in total. The molecule has 1 atom stereocenters. The van der Waals surface area contributed by atoms with E-state index in [1.807, 2.05) is 25.1 Å². The first-order valence-electron chi connectivity index (χ1n) is 5.81. The minimum Gasteiger partial charge on any atom is -0.494 e. The molecule has 1 unspecified atom stereocenters. The summed E-state index contributed by atoms with van der Waals surface area (Å²) in [4.78, 5) is 0. The summed E-state index contributed by atoms with van der Waals surface area (Å²) in [5.74, 6) is -0.411. The number of rotatable bonds is 3. The Labute approximate surface area is 120 Å². The van der Waals surface area contributed by atoms with Gasteiger partial charge in [0.1, 0.15) is 6.10 Å². The lowest BCUT2D eigenvalue weighted by molar-refractivity contribution is 0.212. The van der Waals surface area contributed by atoms with Crippen molar-refractivity contribution in [1.29, 1.82) is 0 Å². The SMILES string of the molecule is COc1cccc(C(O)c2cc(C)ccc2Br)c1F. The van der Waals surface area contributed by atoms with Gasteiger partial charge in [0.05, 0.1) is 7.11 Å². The Morgan fingerprint density at radius 1 is 1.21 bits per heavy atom. The molecule has 0 aromatic heterocycles. The molecule has 0 radical (unpaired) electrons. The fourth-order valence-electron chi connectivity index (χ4n) is 1.94. The lowest BCUT2D eigenvalue weighted by Gasteiger charge is -2.16. The predicted molar refractivity (Wildman–Crippen MR) is 75.9 cm³/mol. The summed E-state index contributed by atoms with van der Waals surface area (Å²) in [5, 5.41) is 10.4. The van der Waals surface area contributed by atoms with Crippen molar-refractivity contribution in [1.82, 2.24) is 0 Å². The second-order valence-corrected chi connectivity index (χ2v) is 5.15. The van der Waals surface area contributed by atoms with E-state index in [9.17, 15) is 9.50 Å². The van der Waals surface area contributed by atoms with Gasteiger partial charge in [-0.2, -0.15) is 0 Å². The first-order chi connectivity index (χ1) is 9.04. The number of hydrogen-bond acceptors (Lipinski definition) is 2. The third-order valence-corrected chi connectivity index (χ3v) is 3.68. The molecule has 0 saturated carbocycles. The van der Waals surface area contributed by atoms with Crippen molar-refractivity contribution >= 4 is 15.9 Å². The fraction of sp³-hybridized carbons (Fsp3) is 0.200. The van der Waals surface area contributed by atoms with E-state index >= 15 is 0 Å². The normalized spacial score (nSPS) is 12.3. The highest BCUT2D eigenvalue weighted by molar-refractivity contribution is 9.10. The number of aliphatic hydroxyl groups excluding tert-OH is 1. The van der Waals surface area contributed by atoms with Crippen molar-refractivity contribution in [2.75, 3.05) is 7.11 Å². The average molecular weight is 325 g/mol. The van der Waals surface area contributed by atoms with Crippen LogP contribution in [0.4, 0.5) is 4.39 Å². The Kier molecular flexibility index (Phi) is 4.22. The first kappa shape index (κ1) is 14.0. The van der Waals surface area contributed by atoms with Gasteiger partial charge in [-0.3, -0.25) is 0 Å². The summed E-state index contributed by atoms with van der Waals surface area (Å²) in [6, 6.07) is 10.3. The number of aliphatic hydroxyl groups is 1. The standard InChI is InChI=1S/C15H14BrFO2/c1-9-6-7-12(16)11(8-9)15(18)10-4-3-5-13(19-2)14(10)17/h3-8,15,18H,1-2H3. The third-order valence-electron chi connectivity index (χ3n) is 2.95. The molecule has 2 rings (SSSR count). The maximum absolute atomic E-state index is 14.1. The number of aryl methyl sites for hydroxylation is 1. The second-order valence-electron chi connectivity index (χ2n) is 4.29. The van der Waals surface area contributed by atoms with E-state index in [-0.39, 0.29) is 11.3 Å². The van der Waals surface area contributed by atoms with E-state index in [1.54, 1.807) is 12.1 Å². The molecule has 0 aliphatic rings. The highest BCUT2D eigenvalue weighted by Gasteiger charge is 2.19. The molecule has 0 fully saturated rings. The lowest BCUT2D eigenvalue weighted by Crippen LogP contribution is -2.05. The molecule has 19 heavy (non-hydrogen) atoms. The van der Waals surface area contributed by atoms with E-state index in [4.69, 9.17) is 4.74 Å². The number of ether oxygens (including phenoxy) is 1. The van der Waals surface area contributed by atoms with Crippen LogP contribution in [-0.2, 0) is 0 Å². The van der Waals surface area contributed by atoms with Crippen LogP contribution in [0, 0.1) is 12.7 Å². The van der Waals surface area contributed by atoms with Gasteiger partial charge in [-0.1, -0.05) is 45.8 Å². The van der Waals surface area contributed by atoms with Crippen LogP contribution in [0.3, 0.4) is 0 Å². The van der Waals surface area contributed by atoms with Gasteiger partial charge in [-0.05, 0) is 24.6 Å². The molecule has 100 valence electrons. The Hall–Kier alpha value is -1.39. The van der Waals surface area contributed by atoms with Gasteiger partial charge in [-0.15, -0.1) is 0 Å². The topological polar surface area (TPSA) is 29.5 Å². The molecule has 0 aliphatic heterocycles. The third kappa shape index (κ3) is 2.80. The Morgan fingerprint density at radius 2 is 1.95 bits per heavy atom. The summed E-state index contributed by atoms with van der Waals surface area (Å²) in [6.45, 7) is 1.92. The summed E-state index contributed by atoms with van der Waals surface area (Å²) < 4.78 is 19.8. The van der Waals surface area contributed by atoms with Crippen molar-refractivity contribution < 1.29 is 14.2 Å². The highest BCUT2D eigenvalue weighted by atomic mass is 79.9. The van der Waals surface area contributed by atoms with Crippen molar-refractivity contribution in [3.8, 4) is 5.75 Å². The average Bonchev–Trinajstić information content (AvgIpc) is 2.41. The first-order valence-corrected chi connectivity index (χ1v) is 6.60. The molecule has 0 spiro atoms. The molecule has 2 aromatic carbocycles. The minimum absolute atomic E-state index is 0.125. The Morgan fingerprint density at radius 3 is 2.63 bits per heavy atom. The van der Waals surface area contributed by atoms with Crippen molar-refractivity contribution in [3.63, 3.8) is 0 Å². The molecule has 0 heterocycles. The number of benzene rings is 2. The molecule has 2 nitrogen and oxygen atoms in total. The van der Waals surface area contributed by atoms with Gasteiger partial charge in [0.15, 0.2) is 11.6 Å². The summed E-state index contributed by atoms with van der Waals surface area (Å²) in [5.41, 5.74) is 1.83. The largest absolute Gasteiger partial charge is 0.494 e. The van der Waals surface area contributed by atoms with Crippen molar-refractivity contribution in [3.05, 3.63) is 63.4 Å². The van der Waals surface area contributed by atoms with Crippen LogP contribution in [-0.4, -0.2) is 12.2 Å². The minimum atomic E-state index is -1.04. The molecular weight excluding hydrogens is 311 g/mol. The van der Waals surface area contributed by atoms with Crippen LogP contribution in [0.15, 0.2) is 40.9 Å². The zero-order valence-corrected chi connectivity index (χ0v) is 12.2. The van der Waals surface area contributed by atoms with Crippen LogP contribution in [0.5, 0.6) is 5.75 Å². The van der Waals surface area contributed by atoms with Crippen LogP contribution in [0.1, 0.15) is 22.8 Å². The monoisotopic (exact) mass is 324 g/mol. The van der Waals surface area contributed by atoms with E-state index < -0.39 is 11.9 Å². The van der Waals surface area contributed by atoms with Gasteiger partial charge in [0.25, 0.3) is 0 Å². The van der Waals surface area contributed by atoms with Crippen LogP contribution in [0.2, 0.25) is 0 Å².